The van der Waals surface area contributed by atoms with Crippen LogP contribution in [0.2, 0.25) is 0 Å². The van der Waals surface area contributed by atoms with Gasteiger partial charge in [-0.25, -0.2) is 13.2 Å². The Bertz CT molecular complexity index is 310. The zero-order valence-electron chi connectivity index (χ0n) is 6.30. The Hall–Kier alpha value is -0.510. The molecule has 0 amide bonds. The van der Waals surface area contributed by atoms with Gasteiger partial charge in [-0.15, -0.1) is 0 Å². The minimum atomic E-state index is -1.41. The van der Waals surface area contributed by atoms with Crippen LogP contribution in [0, 0.1) is 17.5 Å². The molecule has 0 spiro atoms. The highest BCUT2D eigenvalue weighted by Crippen LogP contribution is 2.24. The molecule has 0 saturated heterocycles. The van der Waals surface area contributed by atoms with Crippen molar-refractivity contribution in [3.05, 3.63) is 33.6 Å². The van der Waals surface area contributed by atoms with E-state index in [0.717, 1.165) is 6.07 Å². The lowest BCUT2D eigenvalue weighted by Crippen LogP contribution is -1.97. The first-order valence-electron chi connectivity index (χ1n) is 3.39. The van der Waals surface area contributed by atoms with Crippen LogP contribution in [0.15, 0.2) is 10.5 Å². The van der Waals surface area contributed by atoms with E-state index in [2.05, 4.69) is 15.9 Å². The van der Waals surface area contributed by atoms with Gasteiger partial charge in [-0.2, -0.15) is 0 Å². The first-order chi connectivity index (χ1) is 5.57. The fourth-order valence-corrected chi connectivity index (χ4v) is 1.58. The van der Waals surface area contributed by atoms with Crippen molar-refractivity contribution in [3.8, 4) is 0 Å². The molecule has 0 fully saturated rings. The fourth-order valence-electron chi connectivity index (χ4n) is 0.928. The number of benzene rings is 1. The largest absolute Gasteiger partial charge is 0.204 e. The molecule has 0 atom stereocenters. The summed E-state index contributed by atoms with van der Waals surface area (Å²) in [5.41, 5.74) is 0.161. The Morgan fingerprint density at radius 3 is 2.33 bits per heavy atom. The van der Waals surface area contributed by atoms with Crippen molar-refractivity contribution in [2.24, 2.45) is 0 Å². The van der Waals surface area contributed by atoms with Gasteiger partial charge in [0.25, 0.3) is 0 Å². The molecule has 12 heavy (non-hydrogen) atoms. The molecule has 0 nitrogen and oxygen atoms in total. The van der Waals surface area contributed by atoms with Crippen LogP contribution in [-0.4, -0.2) is 0 Å². The van der Waals surface area contributed by atoms with Gasteiger partial charge in [0.2, 0.25) is 0 Å². The molecule has 1 rings (SSSR count). The van der Waals surface area contributed by atoms with Crippen LogP contribution in [0.3, 0.4) is 0 Å². The number of rotatable bonds is 1. The van der Waals surface area contributed by atoms with Gasteiger partial charge in [0, 0.05) is 10.0 Å². The predicted octanol–water partition coefficient (Wildman–Crippen LogP) is 3.43. The third-order valence-electron chi connectivity index (χ3n) is 1.56. The average Bonchev–Trinajstić information content (AvgIpc) is 2.01. The summed E-state index contributed by atoms with van der Waals surface area (Å²) in [6.07, 6.45) is 0.323. The van der Waals surface area contributed by atoms with Crippen molar-refractivity contribution >= 4 is 15.9 Å². The molecule has 0 aliphatic rings. The maximum Gasteiger partial charge on any atom is 0.194 e. The molecule has 0 N–H and O–H groups in total. The summed E-state index contributed by atoms with van der Waals surface area (Å²) in [4.78, 5) is 0. The zero-order valence-corrected chi connectivity index (χ0v) is 7.88. The number of hydrogen-bond donors (Lipinski definition) is 0. The lowest BCUT2D eigenvalue weighted by atomic mass is 10.1. The van der Waals surface area contributed by atoms with E-state index >= 15 is 0 Å². The zero-order chi connectivity index (χ0) is 9.30. The monoisotopic (exact) mass is 238 g/mol. The van der Waals surface area contributed by atoms with E-state index < -0.39 is 17.5 Å². The molecular weight excluding hydrogens is 233 g/mol. The van der Waals surface area contributed by atoms with Crippen molar-refractivity contribution in [1.82, 2.24) is 0 Å². The van der Waals surface area contributed by atoms with Crippen molar-refractivity contribution < 1.29 is 13.2 Å². The Morgan fingerprint density at radius 2 is 1.83 bits per heavy atom. The van der Waals surface area contributed by atoms with Crippen LogP contribution in [0.25, 0.3) is 0 Å². The average molecular weight is 239 g/mol. The Kier molecular flexibility index (Phi) is 2.77. The second-order valence-electron chi connectivity index (χ2n) is 2.30. The summed E-state index contributed by atoms with van der Waals surface area (Å²) in [7, 11) is 0. The summed E-state index contributed by atoms with van der Waals surface area (Å²) >= 11 is 2.95. The highest BCUT2D eigenvalue weighted by molar-refractivity contribution is 9.10. The van der Waals surface area contributed by atoms with Crippen LogP contribution in [0.1, 0.15) is 12.5 Å². The van der Waals surface area contributed by atoms with Gasteiger partial charge in [0.05, 0.1) is 0 Å². The van der Waals surface area contributed by atoms with Crippen molar-refractivity contribution in [1.29, 1.82) is 0 Å². The van der Waals surface area contributed by atoms with E-state index in [0.29, 0.717) is 6.42 Å². The maximum atomic E-state index is 12.9. The van der Waals surface area contributed by atoms with E-state index in [4.69, 9.17) is 0 Å². The molecule has 0 aliphatic carbocycles. The van der Waals surface area contributed by atoms with Gasteiger partial charge in [-0.3, -0.25) is 0 Å². The SMILES string of the molecule is CCc1c(Br)cc(F)c(F)c1F. The third kappa shape index (κ3) is 1.48. The van der Waals surface area contributed by atoms with Crippen molar-refractivity contribution in [3.63, 3.8) is 0 Å². The molecule has 1 aromatic carbocycles. The van der Waals surface area contributed by atoms with E-state index in [1.165, 1.54) is 0 Å². The van der Waals surface area contributed by atoms with Gasteiger partial charge in [0.1, 0.15) is 0 Å². The quantitative estimate of drug-likeness (QED) is 0.520. The molecule has 4 heteroatoms. The lowest BCUT2D eigenvalue weighted by Gasteiger charge is -2.04. The molecule has 0 radical (unpaired) electrons. The Balaban J connectivity index is 3.40. The predicted molar refractivity (Wildman–Crippen MR) is 43.4 cm³/mol. The maximum absolute atomic E-state index is 12.9. The van der Waals surface area contributed by atoms with Crippen LogP contribution in [0.5, 0.6) is 0 Å². The Morgan fingerprint density at radius 1 is 1.25 bits per heavy atom. The molecule has 0 heterocycles. The first kappa shape index (κ1) is 9.58. The summed E-state index contributed by atoms with van der Waals surface area (Å²) in [6.45, 7) is 1.67. The lowest BCUT2D eigenvalue weighted by molar-refractivity contribution is 0.440. The van der Waals surface area contributed by atoms with Gasteiger partial charge in [-0.1, -0.05) is 22.9 Å². The summed E-state index contributed by atoms with van der Waals surface area (Å²) in [5.74, 6) is -3.68. The van der Waals surface area contributed by atoms with Gasteiger partial charge < -0.3 is 0 Å². The fraction of sp³-hybridized carbons (Fsp3) is 0.250. The minimum Gasteiger partial charge on any atom is -0.204 e. The molecule has 0 saturated carbocycles. The second-order valence-corrected chi connectivity index (χ2v) is 3.15. The summed E-state index contributed by atoms with van der Waals surface area (Å²) in [6, 6.07) is 0.928. The molecule has 0 bridgehead atoms. The van der Waals surface area contributed by atoms with Crippen LogP contribution in [-0.2, 0) is 6.42 Å². The number of halogens is 4. The van der Waals surface area contributed by atoms with Gasteiger partial charge >= 0.3 is 0 Å². The van der Waals surface area contributed by atoms with Gasteiger partial charge in [0.15, 0.2) is 17.5 Å². The minimum absolute atomic E-state index is 0.161. The van der Waals surface area contributed by atoms with Crippen LogP contribution in [0.4, 0.5) is 13.2 Å². The third-order valence-corrected chi connectivity index (χ3v) is 2.27. The molecule has 0 aromatic heterocycles. The highest BCUT2D eigenvalue weighted by Gasteiger charge is 2.15. The Labute approximate surface area is 76.5 Å². The molecule has 1 aromatic rings. The van der Waals surface area contributed by atoms with E-state index in [1.54, 1.807) is 6.92 Å². The molecule has 0 unspecified atom stereocenters. The molecule has 0 aliphatic heterocycles. The summed E-state index contributed by atoms with van der Waals surface area (Å²) in [5, 5.41) is 0. The number of hydrogen-bond acceptors (Lipinski definition) is 0. The van der Waals surface area contributed by atoms with Crippen LogP contribution >= 0.6 is 15.9 Å². The van der Waals surface area contributed by atoms with Crippen molar-refractivity contribution in [2.45, 2.75) is 13.3 Å². The summed E-state index contributed by atoms with van der Waals surface area (Å²) < 4.78 is 38.2. The highest BCUT2D eigenvalue weighted by atomic mass is 79.9. The topological polar surface area (TPSA) is 0 Å². The smallest absolute Gasteiger partial charge is 0.194 e. The molecule has 66 valence electrons. The standard InChI is InChI=1S/C8H6BrF3/c1-2-4-5(9)3-6(10)8(12)7(4)11/h3H,2H2,1H3. The van der Waals surface area contributed by atoms with Crippen LogP contribution < -0.4 is 0 Å². The van der Waals surface area contributed by atoms with E-state index in [-0.39, 0.29) is 10.0 Å². The first-order valence-corrected chi connectivity index (χ1v) is 4.19. The molecular formula is C8H6BrF3. The van der Waals surface area contributed by atoms with E-state index in [9.17, 15) is 13.2 Å². The van der Waals surface area contributed by atoms with Gasteiger partial charge in [-0.05, 0) is 12.5 Å². The van der Waals surface area contributed by atoms with E-state index in [1.807, 2.05) is 0 Å². The second kappa shape index (κ2) is 3.47. The normalized spacial score (nSPS) is 10.4. The van der Waals surface area contributed by atoms with Crippen molar-refractivity contribution in [2.75, 3.05) is 0 Å².